The Labute approximate surface area is 103 Å². The van der Waals surface area contributed by atoms with Gasteiger partial charge in [0.25, 0.3) is 0 Å². The van der Waals surface area contributed by atoms with E-state index in [4.69, 9.17) is 12.6 Å². The molecule has 0 saturated heterocycles. The topological polar surface area (TPSA) is 12.9 Å². The number of benzene rings is 1. The van der Waals surface area contributed by atoms with Crippen molar-refractivity contribution in [3.63, 3.8) is 0 Å². The first-order chi connectivity index (χ1) is 5.79. The van der Waals surface area contributed by atoms with E-state index in [1.807, 2.05) is 0 Å². The average molecular weight is 201 g/mol. The molecule has 0 unspecified atom stereocenters. The van der Waals surface area contributed by atoms with Crippen molar-refractivity contribution in [3.8, 4) is 0 Å². The van der Waals surface area contributed by atoms with Crippen molar-refractivity contribution in [2.75, 3.05) is 0 Å². The van der Waals surface area contributed by atoms with Crippen molar-refractivity contribution < 1.29 is 33.9 Å². The van der Waals surface area contributed by atoms with Gasteiger partial charge in [-0.3, -0.25) is 4.98 Å². The van der Waals surface area contributed by atoms with E-state index in [2.05, 4.69) is 4.98 Å². The second kappa shape index (κ2) is 4.33. The summed E-state index contributed by atoms with van der Waals surface area (Å²) in [6.45, 7) is 0. The van der Waals surface area contributed by atoms with Gasteiger partial charge in [0.2, 0.25) is 0 Å². The van der Waals surface area contributed by atoms with Crippen LogP contribution in [0.4, 0.5) is 4.39 Å². The Morgan fingerprint density at radius 2 is 2.00 bits per heavy atom. The van der Waals surface area contributed by atoms with Gasteiger partial charge >= 0.3 is 29.6 Å². The molecule has 0 fully saturated rings. The standard InChI is InChI=1S/C9H6FNS.Na/c10-7-3-1-2-6-8(12)4-5-11-9(6)7;/h1-5H,(H,11,12);/q;+1/p-1. The third-order valence-electron chi connectivity index (χ3n) is 1.68. The smallest absolute Gasteiger partial charge is 0.779 e. The summed E-state index contributed by atoms with van der Waals surface area (Å²) in [5.74, 6) is -0.320. The molecule has 0 radical (unpaired) electrons. The van der Waals surface area contributed by atoms with Gasteiger partial charge in [0.1, 0.15) is 11.3 Å². The van der Waals surface area contributed by atoms with Crippen LogP contribution in [0.2, 0.25) is 0 Å². The van der Waals surface area contributed by atoms with Crippen LogP contribution in [0.3, 0.4) is 0 Å². The molecule has 0 N–H and O–H groups in total. The summed E-state index contributed by atoms with van der Waals surface area (Å²) in [7, 11) is 0. The van der Waals surface area contributed by atoms with Crippen LogP contribution in [0.1, 0.15) is 0 Å². The Bertz CT molecular complexity index is 392. The van der Waals surface area contributed by atoms with E-state index in [9.17, 15) is 4.39 Å². The van der Waals surface area contributed by atoms with Gasteiger partial charge in [-0.05, 0) is 11.5 Å². The fourth-order valence-electron chi connectivity index (χ4n) is 1.11. The van der Waals surface area contributed by atoms with Crippen molar-refractivity contribution in [2.24, 2.45) is 0 Å². The number of rotatable bonds is 0. The molecule has 2 aromatic rings. The Hall–Kier alpha value is -0.220. The maximum absolute atomic E-state index is 13.1. The normalized spacial score (nSPS) is 9.62. The van der Waals surface area contributed by atoms with E-state index in [1.54, 1.807) is 18.2 Å². The minimum atomic E-state index is -0.320. The van der Waals surface area contributed by atoms with Gasteiger partial charge in [-0.15, -0.1) is 0 Å². The van der Waals surface area contributed by atoms with E-state index in [0.29, 0.717) is 15.8 Å². The largest absolute Gasteiger partial charge is 1.00 e. The van der Waals surface area contributed by atoms with Crippen LogP contribution in [-0.2, 0) is 12.6 Å². The zero-order chi connectivity index (χ0) is 8.55. The van der Waals surface area contributed by atoms with Crippen LogP contribution in [0, 0.1) is 5.82 Å². The van der Waals surface area contributed by atoms with Gasteiger partial charge in [0, 0.05) is 6.20 Å². The molecule has 4 heteroatoms. The van der Waals surface area contributed by atoms with Gasteiger partial charge in [0.15, 0.2) is 0 Å². The van der Waals surface area contributed by atoms with Gasteiger partial charge in [-0.25, -0.2) is 4.39 Å². The van der Waals surface area contributed by atoms with Crippen LogP contribution in [0.5, 0.6) is 0 Å². The molecule has 2 rings (SSSR count). The van der Waals surface area contributed by atoms with Crippen molar-refractivity contribution in [1.29, 1.82) is 0 Å². The van der Waals surface area contributed by atoms with Crippen LogP contribution >= 0.6 is 0 Å². The fourth-order valence-corrected chi connectivity index (χ4v) is 1.34. The number of fused-ring (bicyclic) bond motifs is 1. The molecule has 1 nitrogen and oxygen atoms in total. The zero-order valence-electron chi connectivity index (χ0n) is 7.12. The van der Waals surface area contributed by atoms with Crippen LogP contribution in [0.25, 0.3) is 10.9 Å². The first-order valence-corrected chi connectivity index (χ1v) is 3.90. The second-order valence-electron chi connectivity index (χ2n) is 2.45. The molecule has 0 aliphatic heterocycles. The first kappa shape index (κ1) is 10.9. The van der Waals surface area contributed by atoms with Gasteiger partial charge in [-0.2, -0.15) is 4.90 Å². The Kier molecular flexibility index (Phi) is 3.62. The molecule has 0 saturated carbocycles. The number of hydrogen-bond donors (Lipinski definition) is 0. The summed E-state index contributed by atoms with van der Waals surface area (Å²) in [5, 5.41) is 0.701. The Balaban J connectivity index is 0.000000845. The Morgan fingerprint density at radius 3 is 2.69 bits per heavy atom. The second-order valence-corrected chi connectivity index (χ2v) is 2.88. The Morgan fingerprint density at radius 1 is 1.23 bits per heavy atom. The molecule has 1 aromatic heterocycles. The summed E-state index contributed by atoms with van der Waals surface area (Å²) in [5.41, 5.74) is 0.352. The van der Waals surface area contributed by atoms with Gasteiger partial charge in [-0.1, -0.05) is 18.2 Å². The summed E-state index contributed by atoms with van der Waals surface area (Å²) >= 11 is 5.01. The third-order valence-corrected chi connectivity index (χ3v) is 2.04. The number of nitrogens with zero attached hydrogens (tertiary/aromatic N) is 1. The minimum absolute atomic E-state index is 0. The van der Waals surface area contributed by atoms with Crippen molar-refractivity contribution in [3.05, 3.63) is 36.3 Å². The summed E-state index contributed by atoms with van der Waals surface area (Å²) in [6, 6.07) is 6.48. The summed E-state index contributed by atoms with van der Waals surface area (Å²) < 4.78 is 13.1. The maximum atomic E-state index is 13.1. The number of hydrogen-bond acceptors (Lipinski definition) is 2. The molecule has 0 bridgehead atoms. The average Bonchev–Trinajstić information content (AvgIpc) is 2.07. The molecule has 1 aromatic carbocycles. The number of pyridine rings is 1. The van der Waals surface area contributed by atoms with Crippen molar-refractivity contribution in [1.82, 2.24) is 4.98 Å². The first-order valence-electron chi connectivity index (χ1n) is 3.49. The zero-order valence-corrected chi connectivity index (χ0v) is 9.94. The van der Waals surface area contributed by atoms with Crippen LogP contribution in [-0.4, -0.2) is 4.98 Å². The van der Waals surface area contributed by atoms with Crippen LogP contribution in [0.15, 0.2) is 35.4 Å². The molecule has 1 heterocycles. The molecule has 0 aliphatic rings. The minimum Gasteiger partial charge on any atom is -0.779 e. The third kappa shape index (κ3) is 1.99. The number of halogens is 1. The number of para-hydroxylation sites is 1. The van der Waals surface area contributed by atoms with Gasteiger partial charge < -0.3 is 12.6 Å². The van der Waals surface area contributed by atoms with Crippen molar-refractivity contribution in [2.45, 2.75) is 4.90 Å². The van der Waals surface area contributed by atoms with E-state index in [-0.39, 0.29) is 35.4 Å². The van der Waals surface area contributed by atoms with Gasteiger partial charge in [0.05, 0.1) is 0 Å². The molecular weight excluding hydrogens is 196 g/mol. The SMILES string of the molecule is Fc1cccc2c([S-])ccnc12.[Na+]. The van der Waals surface area contributed by atoms with E-state index < -0.39 is 0 Å². The quantitative estimate of drug-likeness (QED) is 0.412. The van der Waals surface area contributed by atoms with Crippen LogP contribution < -0.4 is 29.6 Å². The molecule has 0 spiro atoms. The molecule has 0 amide bonds. The monoisotopic (exact) mass is 201 g/mol. The molecule has 0 atom stereocenters. The predicted molar refractivity (Wildman–Crippen MR) is 47.3 cm³/mol. The van der Waals surface area contributed by atoms with E-state index >= 15 is 0 Å². The summed E-state index contributed by atoms with van der Waals surface area (Å²) in [4.78, 5) is 4.54. The maximum Gasteiger partial charge on any atom is 1.00 e. The molecule has 13 heavy (non-hydrogen) atoms. The number of aromatic nitrogens is 1. The predicted octanol–water partition coefficient (Wildman–Crippen LogP) is -0.716. The fraction of sp³-hybridized carbons (Fsp3) is 0. The summed E-state index contributed by atoms with van der Waals surface area (Å²) in [6.07, 6.45) is 1.52. The molecular formula is C9H5FNNaS. The molecule has 60 valence electrons. The van der Waals surface area contributed by atoms with E-state index in [1.165, 1.54) is 12.3 Å². The molecule has 0 aliphatic carbocycles. The van der Waals surface area contributed by atoms with Crippen molar-refractivity contribution >= 4 is 23.5 Å². The van der Waals surface area contributed by atoms with E-state index in [0.717, 1.165) is 0 Å².